The summed E-state index contributed by atoms with van der Waals surface area (Å²) in [5, 5.41) is 0. The molecule has 0 saturated heterocycles. The number of hydrogen-bond donors (Lipinski definition) is 0. The van der Waals surface area contributed by atoms with Gasteiger partial charge in [-0.3, -0.25) is 4.79 Å². The first-order valence-corrected chi connectivity index (χ1v) is 10.5. The van der Waals surface area contributed by atoms with Crippen LogP contribution in [0.2, 0.25) is 0 Å². The van der Waals surface area contributed by atoms with Crippen molar-refractivity contribution in [1.82, 2.24) is 0 Å². The van der Waals surface area contributed by atoms with Crippen molar-refractivity contribution in [2.24, 2.45) is 5.92 Å². The molecule has 0 spiro atoms. The van der Waals surface area contributed by atoms with Gasteiger partial charge in [0, 0.05) is 12.3 Å². The molecule has 0 N–H and O–H groups in total. The fraction of sp³-hybridized carbons (Fsp3) is 0.708. The van der Waals surface area contributed by atoms with Gasteiger partial charge in [-0.15, -0.1) is 0 Å². The van der Waals surface area contributed by atoms with Crippen molar-refractivity contribution in [3.8, 4) is 0 Å². The Labute approximate surface area is 166 Å². The van der Waals surface area contributed by atoms with E-state index in [1.807, 2.05) is 39.0 Å². The molecule has 0 radical (unpaired) electrons. The van der Waals surface area contributed by atoms with Crippen LogP contribution in [0.15, 0.2) is 30.3 Å². The van der Waals surface area contributed by atoms with Gasteiger partial charge in [0.2, 0.25) is 0 Å². The summed E-state index contributed by atoms with van der Waals surface area (Å²) in [6.45, 7) is 14.9. The molecule has 154 valence electrons. The second-order valence-electron chi connectivity index (χ2n) is 8.79. The number of unbranched alkanes of at least 4 members (excludes halogenated alkanes) is 1. The Balaban J connectivity index is 2.58. The molecule has 2 unspecified atom stereocenters. The molecule has 0 aliphatic carbocycles. The smallest absolute Gasteiger partial charge is 0.167 e. The van der Waals surface area contributed by atoms with Crippen LogP contribution in [-0.4, -0.2) is 23.1 Å². The summed E-state index contributed by atoms with van der Waals surface area (Å²) < 4.78 is 12.3. The number of carbonyl (C=O) groups is 1. The minimum absolute atomic E-state index is 0.0570. The molecule has 0 aromatic heterocycles. The van der Waals surface area contributed by atoms with Crippen molar-refractivity contribution in [2.45, 2.75) is 104 Å². The van der Waals surface area contributed by atoms with E-state index >= 15 is 0 Å². The molecule has 0 heterocycles. The number of Topliss-reactive ketones (excluding diaryl/α,β-unsaturated/α-hetero) is 1. The molecule has 0 fully saturated rings. The highest BCUT2D eigenvalue weighted by molar-refractivity contribution is 5.88. The third kappa shape index (κ3) is 8.57. The Kier molecular flexibility index (Phi) is 9.69. The number of ketones is 1. The molecular weight excluding hydrogens is 336 g/mol. The SMILES string of the molecule is CCCCC(CC)C(=O)C(C)(C)OC(C)CC(C)(C)OCc1ccccc1. The molecular formula is C24H40O3. The van der Waals surface area contributed by atoms with Crippen molar-refractivity contribution in [1.29, 1.82) is 0 Å². The normalized spacial score (nSPS) is 14.8. The van der Waals surface area contributed by atoms with E-state index in [1.165, 1.54) is 0 Å². The molecule has 1 rings (SSSR count). The summed E-state index contributed by atoms with van der Waals surface area (Å²) >= 11 is 0. The Morgan fingerprint density at radius 1 is 1.07 bits per heavy atom. The molecule has 0 bridgehead atoms. The molecule has 0 amide bonds. The highest BCUT2D eigenvalue weighted by atomic mass is 16.5. The zero-order chi connectivity index (χ0) is 20.5. The summed E-state index contributed by atoms with van der Waals surface area (Å²) in [4.78, 5) is 13.0. The zero-order valence-corrected chi connectivity index (χ0v) is 18.5. The number of rotatable bonds is 13. The molecule has 1 aromatic rings. The fourth-order valence-electron chi connectivity index (χ4n) is 3.67. The van der Waals surface area contributed by atoms with E-state index in [1.54, 1.807) is 0 Å². The van der Waals surface area contributed by atoms with Gasteiger partial charge >= 0.3 is 0 Å². The topological polar surface area (TPSA) is 35.5 Å². The standard InChI is InChI=1S/C24H40O3/c1-8-10-16-21(9-2)22(25)24(6,7)27-19(3)17-23(4,5)26-18-20-14-12-11-13-15-20/h11-15,19,21H,8-10,16-18H2,1-7H3. The van der Waals surface area contributed by atoms with Gasteiger partial charge in [0.1, 0.15) is 5.60 Å². The van der Waals surface area contributed by atoms with Gasteiger partial charge < -0.3 is 9.47 Å². The monoisotopic (exact) mass is 376 g/mol. The minimum Gasteiger partial charge on any atom is -0.371 e. The summed E-state index contributed by atoms with van der Waals surface area (Å²) in [6.07, 6.45) is 4.73. The first kappa shape index (κ1) is 23.8. The second-order valence-corrected chi connectivity index (χ2v) is 8.79. The van der Waals surface area contributed by atoms with E-state index in [2.05, 4.69) is 39.8 Å². The Hall–Kier alpha value is -1.19. The van der Waals surface area contributed by atoms with Gasteiger partial charge in [-0.05, 0) is 53.0 Å². The molecule has 0 saturated carbocycles. The van der Waals surface area contributed by atoms with Crippen LogP contribution in [0, 0.1) is 5.92 Å². The van der Waals surface area contributed by atoms with Crippen molar-refractivity contribution in [2.75, 3.05) is 0 Å². The van der Waals surface area contributed by atoms with E-state index in [0.717, 1.165) is 37.7 Å². The van der Waals surface area contributed by atoms with Gasteiger partial charge in [0.05, 0.1) is 18.3 Å². The molecule has 27 heavy (non-hydrogen) atoms. The van der Waals surface area contributed by atoms with Crippen molar-refractivity contribution >= 4 is 5.78 Å². The molecule has 2 atom stereocenters. The van der Waals surface area contributed by atoms with E-state index < -0.39 is 5.60 Å². The third-order valence-electron chi connectivity index (χ3n) is 5.11. The predicted molar refractivity (Wildman–Crippen MR) is 113 cm³/mol. The number of ether oxygens (including phenoxy) is 2. The Bertz CT molecular complexity index is 548. The first-order chi connectivity index (χ1) is 12.6. The van der Waals surface area contributed by atoms with Crippen LogP contribution in [0.4, 0.5) is 0 Å². The maximum Gasteiger partial charge on any atom is 0.167 e. The molecule has 0 aliphatic heterocycles. The van der Waals surface area contributed by atoms with Crippen LogP contribution < -0.4 is 0 Å². The largest absolute Gasteiger partial charge is 0.371 e. The van der Waals surface area contributed by atoms with Crippen molar-refractivity contribution in [3.63, 3.8) is 0 Å². The summed E-state index contributed by atoms with van der Waals surface area (Å²) in [5.74, 6) is 0.322. The minimum atomic E-state index is -0.761. The quantitative estimate of drug-likeness (QED) is 0.403. The Morgan fingerprint density at radius 2 is 1.70 bits per heavy atom. The van der Waals surface area contributed by atoms with E-state index in [9.17, 15) is 4.79 Å². The van der Waals surface area contributed by atoms with Gasteiger partial charge in [-0.1, -0.05) is 57.0 Å². The lowest BCUT2D eigenvalue weighted by molar-refractivity contribution is -0.157. The van der Waals surface area contributed by atoms with Crippen molar-refractivity contribution in [3.05, 3.63) is 35.9 Å². The van der Waals surface area contributed by atoms with E-state index in [0.29, 0.717) is 6.61 Å². The van der Waals surface area contributed by atoms with E-state index in [4.69, 9.17) is 9.47 Å². The summed E-state index contributed by atoms with van der Waals surface area (Å²) in [6, 6.07) is 10.2. The van der Waals surface area contributed by atoms with Gasteiger partial charge in [-0.25, -0.2) is 0 Å². The maximum absolute atomic E-state index is 13.0. The van der Waals surface area contributed by atoms with Crippen LogP contribution in [0.3, 0.4) is 0 Å². The fourth-order valence-corrected chi connectivity index (χ4v) is 3.67. The zero-order valence-electron chi connectivity index (χ0n) is 18.5. The molecule has 0 aliphatic rings. The van der Waals surface area contributed by atoms with Crippen LogP contribution in [-0.2, 0) is 20.9 Å². The van der Waals surface area contributed by atoms with Crippen LogP contribution in [0.5, 0.6) is 0 Å². The summed E-state index contributed by atoms with van der Waals surface area (Å²) in [5.41, 5.74) is 0.0840. The molecule has 3 nitrogen and oxygen atoms in total. The van der Waals surface area contributed by atoms with E-state index in [-0.39, 0.29) is 23.4 Å². The lowest BCUT2D eigenvalue weighted by atomic mass is 9.86. The molecule has 3 heteroatoms. The lowest BCUT2D eigenvalue weighted by Crippen LogP contribution is -2.43. The lowest BCUT2D eigenvalue weighted by Gasteiger charge is -2.34. The average Bonchev–Trinajstić information content (AvgIpc) is 2.60. The van der Waals surface area contributed by atoms with Crippen LogP contribution in [0.25, 0.3) is 0 Å². The predicted octanol–water partition coefficient (Wildman–Crippen LogP) is 6.34. The Morgan fingerprint density at radius 3 is 2.26 bits per heavy atom. The van der Waals surface area contributed by atoms with Gasteiger partial charge in [0.25, 0.3) is 0 Å². The van der Waals surface area contributed by atoms with Gasteiger partial charge in [0.15, 0.2) is 5.78 Å². The average molecular weight is 377 g/mol. The number of benzene rings is 1. The first-order valence-electron chi connectivity index (χ1n) is 10.5. The number of hydrogen-bond acceptors (Lipinski definition) is 3. The highest BCUT2D eigenvalue weighted by Crippen LogP contribution is 2.27. The third-order valence-corrected chi connectivity index (χ3v) is 5.11. The van der Waals surface area contributed by atoms with Crippen molar-refractivity contribution < 1.29 is 14.3 Å². The van der Waals surface area contributed by atoms with Crippen LogP contribution in [0.1, 0.15) is 86.1 Å². The second kappa shape index (κ2) is 11.0. The number of carbonyl (C=O) groups excluding carboxylic acids is 1. The summed E-state index contributed by atoms with van der Waals surface area (Å²) in [7, 11) is 0. The highest BCUT2D eigenvalue weighted by Gasteiger charge is 2.36. The van der Waals surface area contributed by atoms with Crippen LogP contribution >= 0.6 is 0 Å². The van der Waals surface area contributed by atoms with Gasteiger partial charge in [-0.2, -0.15) is 0 Å². The molecule has 1 aromatic carbocycles. The maximum atomic E-state index is 13.0.